The van der Waals surface area contributed by atoms with Gasteiger partial charge in [0.05, 0.1) is 11.9 Å². The lowest BCUT2D eigenvalue weighted by Crippen LogP contribution is -2.54. The van der Waals surface area contributed by atoms with Gasteiger partial charge in [-0.15, -0.1) is 0 Å². The van der Waals surface area contributed by atoms with Gasteiger partial charge in [-0.2, -0.15) is 0 Å². The van der Waals surface area contributed by atoms with Gasteiger partial charge >= 0.3 is 0 Å². The Morgan fingerprint density at radius 1 is 0.872 bits per heavy atom. The number of nitrogens with zero attached hydrogens (tertiary/aromatic N) is 2. The molecule has 0 aliphatic heterocycles. The van der Waals surface area contributed by atoms with Gasteiger partial charge in [0.25, 0.3) is 0 Å². The number of hydrogen-bond acceptors (Lipinski definition) is 4. The fraction of sp³-hybridized carbons (Fsp3) is 0.474. The fourth-order valence-corrected chi connectivity index (χ4v) is 9.89. The molecule has 0 heterocycles. The van der Waals surface area contributed by atoms with Crippen LogP contribution in [0.25, 0.3) is 0 Å². The molecule has 47 heavy (non-hydrogen) atoms. The Bertz CT molecular complexity index is 1660. The van der Waals surface area contributed by atoms with Crippen molar-refractivity contribution < 1.29 is 18.0 Å². The lowest BCUT2D eigenvalue weighted by molar-refractivity contribution is -0.140. The van der Waals surface area contributed by atoms with Crippen LogP contribution in [0, 0.1) is 17.8 Å². The van der Waals surface area contributed by atoms with E-state index < -0.39 is 28.5 Å². The molecule has 4 aliphatic carbocycles. The number of rotatable bonds is 12. The van der Waals surface area contributed by atoms with Crippen molar-refractivity contribution in [2.24, 2.45) is 17.8 Å². The van der Waals surface area contributed by atoms with Crippen molar-refractivity contribution in [2.45, 2.75) is 82.8 Å². The molecule has 4 fully saturated rings. The Kier molecular flexibility index (Phi) is 9.73. The second kappa shape index (κ2) is 13.6. The number of carbonyl (C=O) groups excluding carboxylic acids is 2. The third-order valence-corrected chi connectivity index (χ3v) is 11.8. The van der Waals surface area contributed by atoms with E-state index in [0.717, 1.165) is 35.1 Å². The highest BCUT2D eigenvalue weighted by atomic mass is 35.5. The maximum atomic E-state index is 14.4. The standard InChI is InChI=1S/C38H46ClN3O4S/c1-26(2)40-37(44)35(20-27-8-5-4-6-9-27)41(24-28-10-7-11-33(39)19-28)36(43)25-42(47(3,45)46)34-14-12-32(13-15-34)38-21-29-16-30(22-38)18-31(17-29)23-38/h4-15,19,26,29-31,35H,16-18,20-25H2,1-3H3,(H,40,44). The van der Waals surface area contributed by atoms with Crippen LogP contribution < -0.4 is 9.62 Å². The summed E-state index contributed by atoms with van der Waals surface area (Å²) in [7, 11) is -3.84. The normalized spacial score (nSPS) is 23.8. The maximum Gasteiger partial charge on any atom is 0.244 e. The molecule has 4 aliphatic rings. The van der Waals surface area contributed by atoms with Crippen LogP contribution in [0.2, 0.25) is 5.02 Å². The van der Waals surface area contributed by atoms with E-state index in [0.29, 0.717) is 10.7 Å². The van der Waals surface area contributed by atoms with Crippen LogP contribution in [-0.2, 0) is 38.0 Å². The van der Waals surface area contributed by atoms with Crippen molar-refractivity contribution in [3.05, 3.63) is 101 Å². The Morgan fingerprint density at radius 3 is 2.02 bits per heavy atom. The first-order valence-corrected chi connectivity index (χ1v) is 19.1. The molecule has 250 valence electrons. The van der Waals surface area contributed by atoms with Gasteiger partial charge in [-0.05, 0) is 116 Å². The van der Waals surface area contributed by atoms with Gasteiger partial charge in [-0.25, -0.2) is 8.42 Å². The van der Waals surface area contributed by atoms with Crippen molar-refractivity contribution in [3.63, 3.8) is 0 Å². The molecular formula is C38H46ClN3O4S. The van der Waals surface area contributed by atoms with Crippen LogP contribution in [0.3, 0.4) is 0 Å². The van der Waals surface area contributed by atoms with E-state index in [9.17, 15) is 18.0 Å². The number of benzene rings is 3. The van der Waals surface area contributed by atoms with Crippen LogP contribution in [-0.4, -0.2) is 50.0 Å². The summed E-state index contributed by atoms with van der Waals surface area (Å²) < 4.78 is 27.8. The zero-order valence-corrected chi connectivity index (χ0v) is 29.1. The number of nitrogens with one attached hydrogen (secondary N) is 1. The maximum absolute atomic E-state index is 14.4. The minimum atomic E-state index is -3.84. The van der Waals surface area contributed by atoms with Gasteiger partial charge in [0.1, 0.15) is 12.6 Å². The Labute approximate surface area is 284 Å². The van der Waals surface area contributed by atoms with E-state index in [1.54, 1.807) is 18.2 Å². The molecule has 3 aromatic rings. The largest absolute Gasteiger partial charge is 0.352 e. The number of carbonyl (C=O) groups is 2. The fourth-order valence-electron chi connectivity index (χ4n) is 8.83. The highest BCUT2D eigenvalue weighted by Gasteiger charge is 2.51. The number of sulfonamides is 1. The van der Waals surface area contributed by atoms with Gasteiger partial charge < -0.3 is 10.2 Å². The van der Waals surface area contributed by atoms with Crippen molar-refractivity contribution in [3.8, 4) is 0 Å². The molecule has 4 bridgehead atoms. The average Bonchev–Trinajstić information content (AvgIpc) is 3.00. The molecule has 3 aromatic carbocycles. The molecule has 7 nitrogen and oxygen atoms in total. The third kappa shape index (κ3) is 7.70. The number of amides is 2. The SMILES string of the molecule is CC(C)NC(=O)C(Cc1ccccc1)N(Cc1cccc(Cl)c1)C(=O)CN(c1ccc(C23CC4CC(CC(C4)C2)C3)cc1)S(C)(=O)=O. The van der Waals surface area contributed by atoms with E-state index in [1.165, 1.54) is 53.3 Å². The predicted molar refractivity (Wildman–Crippen MR) is 188 cm³/mol. The average molecular weight is 676 g/mol. The third-order valence-electron chi connectivity index (χ3n) is 10.4. The zero-order valence-electron chi connectivity index (χ0n) is 27.6. The van der Waals surface area contributed by atoms with E-state index in [2.05, 4.69) is 17.4 Å². The highest BCUT2D eigenvalue weighted by molar-refractivity contribution is 7.92. The van der Waals surface area contributed by atoms with Gasteiger partial charge in [0, 0.05) is 24.0 Å². The summed E-state index contributed by atoms with van der Waals surface area (Å²) in [5, 5.41) is 3.49. The van der Waals surface area contributed by atoms with Crippen LogP contribution in [0.5, 0.6) is 0 Å². The van der Waals surface area contributed by atoms with Crippen molar-refractivity contribution in [1.82, 2.24) is 10.2 Å². The van der Waals surface area contributed by atoms with Gasteiger partial charge in [-0.3, -0.25) is 13.9 Å². The molecule has 9 heteroatoms. The second-order valence-electron chi connectivity index (χ2n) is 14.5. The van der Waals surface area contributed by atoms with E-state index >= 15 is 0 Å². The van der Waals surface area contributed by atoms with Gasteiger partial charge in [0.2, 0.25) is 21.8 Å². The first-order chi connectivity index (χ1) is 22.4. The van der Waals surface area contributed by atoms with Gasteiger partial charge in [0.15, 0.2) is 0 Å². The molecule has 4 saturated carbocycles. The second-order valence-corrected chi connectivity index (χ2v) is 16.9. The smallest absolute Gasteiger partial charge is 0.244 e. The van der Waals surface area contributed by atoms with Crippen molar-refractivity contribution >= 4 is 39.1 Å². The van der Waals surface area contributed by atoms with Crippen LogP contribution >= 0.6 is 11.6 Å². The van der Waals surface area contributed by atoms with Crippen molar-refractivity contribution in [2.75, 3.05) is 17.1 Å². The quantitative estimate of drug-likeness (QED) is 0.231. The molecule has 0 spiro atoms. The minimum Gasteiger partial charge on any atom is -0.352 e. The number of anilines is 1. The monoisotopic (exact) mass is 675 g/mol. The first kappa shape index (κ1) is 33.5. The van der Waals surface area contributed by atoms with Crippen LogP contribution in [0.15, 0.2) is 78.9 Å². The highest BCUT2D eigenvalue weighted by Crippen LogP contribution is 2.60. The molecule has 0 radical (unpaired) electrons. The van der Waals surface area contributed by atoms with E-state index in [1.807, 2.05) is 62.4 Å². The summed E-state index contributed by atoms with van der Waals surface area (Å²) in [6, 6.07) is 23.6. The van der Waals surface area contributed by atoms with E-state index in [-0.39, 0.29) is 30.3 Å². The summed E-state index contributed by atoms with van der Waals surface area (Å²) in [5.74, 6) is 1.63. The summed E-state index contributed by atoms with van der Waals surface area (Å²) in [5.41, 5.74) is 3.55. The lowest BCUT2D eigenvalue weighted by atomic mass is 9.48. The van der Waals surface area contributed by atoms with Gasteiger partial charge in [-0.1, -0.05) is 66.2 Å². The van der Waals surface area contributed by atoms with Crippen LogP contribution in [0.1, 0.15) is 69.1 Å². The Balaban J connectivity index is 1.31. The summed E-state index contributed by atoms with van der Waals surface area (Å²) in [6.07, 6.45) is 9.10. The Hall–Kier alpha value is -3.36. The summed E-state index contributed by atoms with van der Waals surface area (Å²) in [4.78, 5) is 29.6. The molecule has 1 unspecified atom stereocenters. The molecule has 0 saturated heterocycles. The molecule has 7 rings (SSSR count). The predicted octanol–water partition coefficient (Wildman–Crippen LogP) is 6.74. The summed E-state index contributed by atoms with van der Waals surface area (Å²) in [6.45, 7) is 3.40. The van der Waals surface area contributed by atoms with E-state index in [4.69, 9.17) is 11.6 Å². The summed E-state index contributed by atoms with van der Waals surface area (Å²) >= 11 is 6.31. The van der Waals surface area contributed by atoms with Crippen LogP contribution in [0.4, 0.5) is 5.69 Å². The molecule has 0 aromatic heterocycles. The van der Waals surface area contributed by atoms with Crippen molar-refractivity contribution in [1.29, 1.82) is 0 Å². The Morgan fingerprint density at radius 2 is 1.47 bits per heavy atom. The topological polar surface area (TPSA) is 86.8 Å². The lowest BCUT2D eigenvalue weighted by Gasteiger charge is -2.57. The number of halogens is 1. The first-order valence-electron chi connectivity index (χ1n) is 16.8. The molecular weight excluding hydrogens is 630 g/mol. The molecule has 1 N–H and O–H groups in total. The molecule has 1 atom stereocenters. The molecule has 2 amide bonds. The minimum absolute atomic E-state index is 0.0883. The zero-order chi connectivity index (χ0) is 33.3. The number of hydrogen-bond donors (Lipinski definition) is 1.